The van der Waals surface area contributed by atoms with Crippen molar-refractivity contribution in [2.24, 2.45) is 0 Å². The molecule has 4 rings (SSSR count). The Labute approximate surface area is 176 Å². The molecule has 158 valence electrons. The van der Waals surface area contributed by atoms with Crippen LogP contribution in [-0.2, 0) is 16.1 Å². The number of nitrogens with one attached hydrogen (secondary N) is 1. The zero-order valence-electron chi connectivity index (χ0n) is 17.4. The Bertz CT molecular complexity index is 983. The smallest absolute Gasteiger partial charge is 0.292 e. The second-order valence-corrected chi connectivity index (χ2v) is 8.22. The molecule has 2 amide bonds. The number of hydrogen-bond acceptors (Lipinski definition) is 3. The Morgan fingerprint density at radius 3 is 2.57 bits per heavy atom. The van der Waals surface area contributed by atoms with E-state index in [0.717, 1.165) is 50.7 Å². The molecule has 30 heavy (non-hydrogen) atoms. The van der Waals surface area contributed by atoms with Crippen molar-refractivity contribution >= 4 is 28.5 Å². The number of aromatic nitrogens is 1. The van der Waals surface area contributed by atoms with Gasteiger partial charge in [0.2, 0.25) is 5.91 Å². The number of ketones is 1. The van der Waals surface area contributed by atoms with E-state index < -0.39 is 11.7 Å². The summed E-state index contributed by atoms with van der Waals surface area (Å²) in [5.41, 5.74) is 2.52. The number of allylic oxidation sites excluding steroid dienone is 1. The molecular weight excluding hydrogens is 378 g/mol. The average Bonchev–Trinajstić information content (AvgIpc) is 3.43. The lowest BCUT2D eigenvalue weighted by Gasteiger charge is -2.15. The number of benzene rings is 1. The molecule has 0 spiro atoms. The first-order valence-electron chi connectivity index (χ1n) is 11.0. The van der Waals surface area contributed by atoms with E-state index in [2.05, 4.69) is 11.4 Å². The molecule has 0 radical (unpaired) electrons. The van der Waals surface area contributed by atoms with Gasteiger partial charge in [0.25, 0.3) is 11.7 Å². The fourth-order valence-corrected chi connectivity index (χ4v) is 4.44. The monoisotopic (exact) mass is 407 g/mol. The molecule has 1 N–H and O–H groups in total. The molecule has 1 fully saturated rings. The first kappa shape index (κ1) is 20.4. The number of hydrogen-bond donors (Lipinski definition) is 1. The summed E-state index contributed by atoms with van der Waals surface area (Å²) in [6.45, 7) is 2.25. The lowest BCUT2D eigenvalue weighted by Crippen LogP contribution is -2.32. The molecule has 6 nitrogen and oxygen atoms in total. The summed E-state index contributed by atoms with van der Waals surface area (Å²) in [6.07, 6.45) is 11.4. The van der Waals surface area contributed by atoms with E-state index in [1.807, 2.05) is 29.2 Å². The molecular formula is C24H29N3O3. The first-order valence-corrected chi connectivity index (χ1v) is 11.0. The molecule has 6 heteroatoms. The number of amides is 2. The van der Waals surface area contributed by atoms with Gasteiger partial charge in [-0.3, -0.25) is 14.4 Å². The lowest BCUT2D eigenvalue weighted by atomic mass is 9.97. The second kappa shape index (κ2) is 9.28. The number of nitrogens with zero attached hydrogens (tertiary/aromatic N) is 2. The van der Waals surface area contributed by atoms with E-state index >= 15 is 0 Å². The summed E-state index contributed by atoms with van der Waals surface area (Å²) >= 11 is 0. The van der Waals surface area contributed by atoms with Crippen LogP contribution >= 0.6 is 0 Å². The minimum Gasteiger partial charge on any atom is -0.349 e. The van der Waals surface area contributed by atoms with Gasteiger partial charge in [-0.1, -0.05) is 29.8 Å². The summed E-state index contributed by atoms with van der Waals surface area (Å²) in [5, 5.41) is 3.48. The number of Topliss-reactive ketones (excluding diaryl/α,β-unsaturated/α-hetero) is 1. The molecule has 1 aromatic carbocycles. The zero-order valence-corrected chi connectivity index (χ0v) is 17.4. The number of likely N-dealkylation sites (tertiary alicyclic amines) is 1. The van der Waals surface area contributed by atoms with E-state index in [0.29, 0.717) is 17.5 Å². The Hall–Kier alpha value is -2.89. The van der Waals surface area contributed by atoms with Crippen LogP contribution in [0.2, 0.25) is 0 Å². The zero-order chi connectivity index (χ0) is 20.9. The molecule has 1 aliphatic carbocycles. The Morgan fingerprint density at radius 2 is 1.80 bits per heavy atom. The number of fused-ring (bicyclic) bond motifs is 1. The van der Waals surface area contributed by atoms with E-state index in [1.54, 1.807) is 10.8 Å². The first-order chi connectivity index (χ1) is 14.6. The maximum Gasteiger partial charge on any atom is 0.292 e. The third-order valence-electron chi connectivity index (χ3n) is 6.12. The maximum absolute atomic E-state index is 12.9. The molecule has 1 aromatic heterocycles. The van der Waals surface area contributed by atoms with Crippen LogP contribution in [0.3, 0.4) is 0 Å². The third kappa shape index (κ3) is 4.48. The van der Waals surface area contributed by atoms with Gasteiger partial charge in [0.15, 0.2) is 0 Å². The Morgan fingerprint density at radius 1 is 1.00 bits per heavy atom. The van der Waals surface area contributed by atoms with Crippen molar-refractivity contribution in [2.45, 2.75) is 51.5 Å². The van der Waals surface area contributed by atoms with Crippen LogP contribution in [0.5, 0.6) is 0 Å². The maximum atomic E-state index is 12.9. The van der Waals surface area contributed by atoms with Crippen LogP contribution in [0.1, 0.15) is 55.3 Å². The minimum absolute atomic E-state index is 0.0532. The summed E-state index contributed by atoms with van der Waals surface area (Å²) in [6, 6.07) is 7.45. The van der Waals surface area contributed by atoms with Crippen molar-refractivity contribution in [2.75, 3.05) is 19.6 Å². The summed E-state index contributed by atoms with van der Waals surface area (Å²) < 4.78 is 1.79. The molecule has 2 aromatic rings. The van der Waals surface area contributed by atoms with Crippen molar-refractivity contribution in [1.82, 2.24) is 14.8 Å². The lowest BCUT2D eigenvalue weighted by molar-refractivity contribution is -0.130. The highest BCUT2D eigenvalue weighted by molar-refractivity contribution is 6.45. The van der Waals surface area contributed by atoms with Crippen LogP contribution in [0.15, 0.2) is 42.1 Å². The van der Waals surface area contributed by atoms with Gasteiger partial charge in [0.05, 0.1) is 5.56 Å². The Kier molecular flexibility index (Phi) is 6.31. The molecule has 0 atom stereocenters. The SMILES string of the molecule is O=C(NCCC1=CCCCC1)C(=O)c1cn(CC(=O)N2CCCC2)c2ccccc12. The van der Waals surface area contributed by atoms with Gasteiger partial charge >= 0.3 is 0 Å². The van der Waals surface area contributed by atoms with Gasteiger partial charge in [-0.05, 0) is 51.0 Å². The Balaban J connectivity index is 1.45. The molecule has 2 heterocycles. The largest absolute Gasteiger partial charge is 0.349 e. The van der Waals surface area contributed by atoms with Gasteiger partial charge < -0.3 is 14.8 Å². The van der Waals surface area contributed by atoms with Crippen molar-refractivity contribution in [1.29, 1.82) is 0 Å². The molecule has 0 unspecified atom stereocenters. The van der Waals surface area contributed by atoms with E-state index in [1.165, 1.54) is 18.4 Å². The standard InChI is InChI=1S/C24H29N3O3/c28-22(26-14-6-7-15-26)17-27-16-20(19-10-4-5-11-21(19)27)23(29)24(30)25-13-12-18-8-2-1-3-9-18/h4-5,8,10-11,16H,1-3,6-7,9,12-15,17H2,(H,25,30). The highest BCUT2D eigenvalue weighted by Gasteiger charge is 2.24. The van der Waals surface area contributed by atoms with Gasteiger partial charge in [0, 0.05) is 36.7 Å². The molecule has 0 bridgehead atoms. The highest BCUT2D eigenvalue weighted by atomic mass is 16.2. The number of carbonyl (C=O) groups excluding carboxylic acids is 3. The van der Waals surface area contributed by atoms with E-state index in [-0.39, 0.29) is 12.5 Å². The van der Waals surface area contributed by atoms with Crippen molar-refractivity contribution in [3.05, 3.63) is 47.7 Å². The van der Waals surface area contributed by atoms with Crippen LogP contribution in [0.25, 0.3) is 10.9 Å². The van der Waals surface area contributed by atoms with Gasteiger partial charge in [-0.25, -0.2) is 0 Å². The fraction of sp³-hybridized carbons (Fsp3) is 0.458. The van der Waals surface area contributed by atoms with Crippen molar-refractivity contribution < 1.29 is 14.4 Å². The predicted octanol–water partition coefficient (Wildman–Crippen LogP) is 3.45. The van der Waals surface area contributed by atoms with Gasteiger partial charge in [-0.15, -0.1) is 0 Å². The van der Waals surface area contributed by atoms with Crippen LogP contribution in [-0.4, -0.2) is 46.7 Å². The number of para-hydroxylation sites is 1. The topological polar surface area (TPSA) is 71.4 Å². The average molecular weight is 408 g/mol. The fourth-order valence-electron chi connectivity index (χ4n) is 4.44. The summed E-state index contributed by atoms with van der Waals surface area (Å²) in [4.78, 5) is 39.8. The number of rotatable bonds is 7. The predicted molar refractivity (Wildman–Crippen MR) is 116 cm³/mol. The normalized spacial score (nSPS) is 16.5. The summed E-state index contributed by atoms with van der Waals surface area (Å²) in [5.74, 6) is -1.08. The van der Waals surface area contributed by atoms with Gasteiger partial charge in [-0.2, -0.15) is 0 Å². The quantitative estimate of drug-likeness (QED) is 0.434. The molecule has 1 saturated heterocycles. The van der Waals surface area contributed by atoms with Gasteiger partial charge in [0.1, 0.15) is 6.54 Å². The third-order valence-corrected chi connectivity index (χ3v) is 6.12. The van der Waals surface area contributed by atoms with E-state index in [4.69, 9.17) is 0 Å². The molecule has 0 saturated carbocycles. The molecule has 2 aliphatic rings. The minimum atomic E-state index is -0.583. The molecule has 1 aliphatic heterocycles. The van der Waals surface area contributed by atoms with Crippen LogP contribution in [0, 0.1) is 0 Å². The van der Waals surface area contributed by atoms with Crippen molar-refractivity contribution in [3.63, 3.8) is 0 Å². The van der Waals surface area contributed by atoms with E-state index in [9.17, 15) is 14.4 Å². The second-order valence-electron chi connectivity index (χ2n) is 8.22. The van der Waals surface area contributed by atoms with Crippen LogP contribution < -0.4 is 5.32 Å². The van der Waals surface area contributed by atoms with Crippen molar-refractivity contribution in [3.8, 4) is 0 Å². The number of carbonyl (C=O) groups is 3. The highest BCUT2D eigenvalue weighted by Crippen LogP contribution is 2.23. The van der Waals surface area contributed by atoms with Crippen LogP contribution in [0.4, 0.5) is 0 Å². The summed E-state index contributed by atoms with van der Waals surface area (Å²) in [7, 11) is 0.